The molecule has 0 amide bonds. The number of carbonyl (C=O) groups is 1. The number of hydrogen-bond acceptors (Lipinski definition) is 4. The smallest absolute Gasteiger partial charge is 0.171 e. The van der Waals surface area contributed by atoms with Crippen LogP contribution in [-0.4, -0.2) is 15.9 Å². The van der Waals surface area contributed by atoms with Gasteiger partial charge in [0.2, 0.25) is 0 Å². The fraction of sp³-hybridized carbons (Fsp3) is 0.0909. The van der Waals surface area contributed by atoms with Gasteiger partial charge in [0, 0.05) is 18.7 Å². The molecule has 0 aliphatic heterocycles. The number of ketones is 1. The summed E-state index contributed by atoms with van der Waals surface area (Å²) in [5.41, 5.74) is 0.792. The van der Waals surface area contributed by atoms with Crippen LogP contribution in [-0.2, 0) is 0 Å². The number of aromatic hydroxyl groups is 1. The van der Waals surface area contributed by atoms with Crippen molar-refractivity contribution in [2.45, 2.75) is 6.92 Å². The molecule has 3 nitrogen and oxygen atoms in total. The van der Waals surface area contributed by atoms with Crippen molar-refractivity contribution in [1.29, 1.82) is 0 Å². The molecule has 0 bridgehead atoms. The van der Waals surface area contributed by atoms with E-state index in [-0.39, 0.29) is 16.6 Å². The van der Waals surface area contributed by atoms with Crippen molar-refractivity contribution in [1.82, 2.24) is 4.98 Å². The normalized spacial score (nSPS) is 10.4. The van der Waals surface area contributed by atoms with E-state index in [9.17, 15) is 9.90 Å². The van der Waals surface area contributed by atoms with Gasteiger partial charge in [-0.25, -0.2) is 4.98 Å². The van der Waals surface area contributed by atoms with Crippen molar-refractivity contribution in [3.8, 4) is 16.3 Å². The molecule has 0 saturated heterocycles. The number of Topliss-reactive ketones (excluding diaryl/α,β-unsaturated/α-hetero) is 1. The summed E-state index contributed by atoms with van der Waals surface area (Å²) >= 11 is 7.10. The Balaban J connectivity index is 2.42. The third-order valence-corrected chi connectivity index (χ3v) is 3.50. The van der Waals surface area contributed by atoms with Gasteiger partial charge in [-0.15, -0.1) is 11.3 Å². The molecule has 0 spiro atoms. The SMILES string of the molecule is CC(=O)c1cnc(-c2ccc(O)c(Cl)c2)s1. The van der Waals surface area contributed by atoms with Gasteiger partial charge in [0.25, 0.3) is 0 Å². The molecule has 2 rings (SSSR count). The molecule has 82 valence electrons. The molecule has 0 fully saturated rings. The van der Waals surface area contributed by atoms with Crippen LogP contribution in [0.4, 0.5) is 0 Å². The van der Waals surface area contributed by atoms with E-state index in [0.717, 1.165) is 5.56 Å². The molecule has 0 radical (unpaired) electrons. The predicted octanol–water partition coefficient (Wildman–Crippen LogP) is 3.37. The van der Waals surface area contributed by atoms with Gasteiger partial charge in [-0.05, 0) is 18.2 Å². The summed E-state index contributed by atoms with van der Waals surface area (Å²) in [5.74, 6) is 0.0300. The summed E-state index contributed by atoms with van der Waals surface area (Å²) in [6.45, 7) is 1.50. The second-order valence-electron chi connectivity index (χ2n) is 3.25. The van der Waals surface area contributed by atoms with Crippen LogP contribution in [0.25, 0.3) is 10.6 Å². The molecule has 0 atom stereocenters. The van der Waals surface area contributed by atoms with Gasteiger partial charge in [0.1, 0.15) is 10.8 Å². The fourth-order valence-electron chi connectivity index (χ4n) is 1.21. The maximum Gasteiger partial charge on any atom is 0.171 e. The third-order valence-electron chi connectivity index (χ3n) is 2.05. The first-order valence-electron chi connectivity index (χ1n) is 4.53. The fourth-order valence-corrected chi connectivity index (χ4v) is 2.20. The molecule has 1 N–H and O–H groups in total. The number of rotatable bonds is 2. The van der Waals surface area contributed by atoms with Crippen LogP contribution >= 0.6 is 22.9 Å². The molecular formula is C11H8ClNO2S. The molecule has 0 saturated carbocycles. The van der Waals surface area contributed by atoms with Gasteiger partial charge >= 0.3 is 0 Å². The highest BCUT2D eigenvalue weighted by Crippen LogP contribution is 2.31. The van der Waals surface area contributed by atoms with E-state index >= 15 is 0 Å². The van der Waals surface area contributed by atoms with E-state index in [1.807, 2.05) is 0 Å². The average Bonchev–Trinajstić information content (AvgIpc) is 2.71. The van der Waals surface area contributed by atoms with Crippen molar-refractivity contribution in [2.24, 2.45) is 0 Å². The topological polar surface area (TPSA) is 50.2 Å². The van der Waals surface area contributed by atoms with Gasteiger partial charge < -0.3 is 5.11 Å². The van der Waals surface area contributed by atoms with E-state index in [2.05, 4.69) is 4.98 Å². The maximum absolute atomic E-state index is 11.1. The molecule has 0 unspecified atom stereocenters. The summed E-state index contributed by atoms with van der Waals surface area (Å²) < 4.78 is 0. The van der Waals surface area contributed by atoms with Gasteiger partial charge in [0.05, 0.1) is 9.90 Å². The molecular weight excluding hydrogens is 246 g/mol. The Kier molecular flexibility index (Phi) is 2.94. The lowest BCUT2D eigenvalue weighted by atomic mass is 10.2. The van der Waals surface area contributed by atoms with Crippen molar-refractivity contribution in [3.05, 3.63) is 34.3 Å². The Morgan fingerprint density at radius 2 is 2.25 bits per heavy atom. The number of halogens is 1. The van der Waals surface area contributed by atoms with Gasteiger partial charge in [-0.3, -0.25) is 4.79 Å². The molecule has 0 aliphatic rings. The quantitative estimate of drug-likeness (QED) is 0.835. The highest BCUT2D eigenvalue weighted by Gasteiger charge is 2.09. The number of nitrogens with zero attached hydrogens (tertiary/aromatic N) is 1. The Bertz CT molecular complexity index is 551. The zero-order chi connectivity index (χ0) is 11.7. The minimum Gasteiger partial charge on any atom is -0.506 e. The number of thiazole rings is 1. The highest BCUT2D eigenvalue weighted by molar-refractivity contribution is 7.16. The Labute approximate surface area is 101 Å². The van der Waals surface area contributed by atoms with Crippen molar-refractivity contribution in [3.63, 3.8) is 0 Å². The molecule has 5 heteroatoms. The first kappa shape index (κ1) is 11.1. The number of carbonyl (C=O) groups excluding carboxylic acids is 1. The van der Waals surface area contributed by atoms with E-state index < -0.39 is 0 Å². The minimum absolute atomic E-state index is 0.00590. The number of benzene rings is 1. The Morgan fingerprint density at radius 3 is 2.81 bits per heavy atom. The minimum atomic E-state index is -0.00590. The average molecular weight is 254 g/mol. The Hall–Kier alpha value is -1.39. The van der Waals surface area contributed by atoms with Crippen LogP contribution in [0.5, 0.6) is 5.75 Å². The summed E-state index contributed by atoms with van der Waals surface area (Å²) in [7, 11) is 0. The lowest BCUT2D eigenvalue weighted by Crippen LogP contribution is -1.83. The highest BCUT2D eigenvalue weighted by atomic mass is 35.5. The molecule has 16 heavy (non-hydrogen) atoms. The van der Waals surface area contributed by atoms with E-state index in [1.165, 1.54) is 24.3 Å². The second kappa shape index (κ2) is 4.23. The first-order chi connectivity index (χ1) is 7.58. The van der Waals surface area contributed by atoms with Crippen molar-refractivity contribution < 1.29 is 9.90 Å². The number of phenols is 1. The van der Waals surface area contributed by atoms with E-state index in [1.54, 1.807) is 18.3 Å². The monoisotopic (exact) mass is 253 g/mol. The van der Waals surface area contributed by atoms with Crippen LogP contribution < -0.4 is 0 Å². The largest absolute Gasteiger partial charge is 0.506 e. The summed E-state index contributed by atoms with van der Waals surface area (Å²) in [6.07, 6.45) is 1.54. The lowest BCUT2D eigenvalue weighted by molar-refractivity contribution is 0.102. The van der Waals surface area contributed by atoms with Crippen LogP contribution in [0.3, 0.4) is 0 Å². The van der Waals surface area contributed by atoms with E-state index in [4.69, 9.17) is 11.6 Å². The summed E-state index contributed by atoms with van der Waals surface area (Å²) in [4.78, 5) is 15.9. The van der Waals surface area contributed by atoms with Crippen molar-refractivity contribution in [2.75, 3.05) is 0 Å². The maximum atomic E-state index is 11.1. The molecule has 1 aromatic carbocycles. The van der Waals surface area contributed by atoms with Gasteiger partial charge in [0.15, 0.2) is 5.78 Å². The van der Waals surface area contributed by atoms with E-state index in [0.29, 0.717) is 9.88 Å². The summed E-state index contributed by atoms with van der Waals surface area (Å²) in [5, 5.41) is 10.3. The number of phenolic OH excluding ortho intramolecular Hbond substituents is 1. The van der Waals surface area contributed by atoms with Crippen LogP contribution in [0.1, 0.15) is 16.6 Å². The zero-order valence-electron chi connectivity index (χ0n) is 8.40. The van der Waals surface area contributed by atoms with Gasteiger partial charge in [-0.1, -0.05) is 11.6 Å². The van der Waals surface area contributed by atoms with Crippen LogP contribution in [0, 0.1) is 0 Å². The molecule has 1 heterocycles. The number of hydrogen-bond donors (Lipinski definition) is 1. The number of aromatic nitrogens is 1. The standard InChI is InChI=1S/C11H8ClNO2S/c1-6(14)10-5-13-11(16-10)7-2-3-9(15)8(12)4-7/h2-5,15H,1H3. The first-order valence-corrected chi connectivity index (χ1v) is 5.73. The lowest BCUT2D eigenvalue weighted by Gasteiger charge is -1.99. The zero-order valence-corrected chi connectivity index (χ0v) is 9.97. The predicted molar refractivity (Wildman–Crippen MR) is 64.2 cm³/mol. The Morgan fingerprint density at radius 1 is 1.50 bits per heavy atom. The third kappa shape index (κ3) is 2.08. The second-order valence-corrected chi connectivity index (χ2v) is 4.69. The van der Waals surface area contributed by atoms with Crippen LogP contribution in [0.2, 0.25) is 5.02 Å². The van der Waals surface area contributed by atoms with Crippen molar-refractivity contribution >= 4 is 28.7 Å². The molecule has 1 aromatic heterocycles. The van der Waals surface area contributed by atoms with Gasteiger partial charge in [-0.2, -0.15) is 0 Å². The van der Waals surface area contributed by atoms with Crippen LogP contribution in [0.15, 0.2) is 24.4 Å². The molecule has 0 aliphatic carbocycles. The molecule has 2 aromatic rings. The summed E-state index contributed by atoms with van der Waals surface area (Å²) in [6, 6.07) is 4.84.